The third-order valence-corrected chi connectivity index (χ3v) is 3.54. The highest BCUT2D eigenvalue weighted by Crippen LogP contribution is 2.17. The van der Waals surface area contributed by atoms with E-state index in [2.05, 4.69) is 53.2 Å². The van der Waals surface area contributed by atoms with Gasteiger partial charge < -0.3 is 19.9 Å². The zero-order valence-electron chi connectivity index (χ0n) is 13.4. The van der Waals surface area contributed by atoms with Gasteiger partial charge in [-0.3, -0.25) is 0 Å². The smallest absolute Gasteiger partial charge is 0.180 e. The van der Waals surface area contributed by atoms with Gasteiger partial charge in [0.25, 0.3) is 0 Å². The maximum absolute atomic E-state index is 4.64. The van der Waals surface area contributed by atoms with Gasteiger partial charge in [0, 0.05) is 31.5 Å². The van der Waals surface area contributed by atoms with E-state index in [9.17, 15) is 0 Å². The fourth-order valence-electron chi connectivity index (χ4n) is 2.44. The average molecular weight is 290 g/mol. The van der Waals surface area contributed by atoms with E-state index in [4.69, 9.17) is 0 Å². The number of imidazole rings is 1. The van der Waals surface area contributed by atoms with Gasteiger partial charge in [0.15, 0.2) is 11.5 Å². The van der Waals surface area contributed by atoms with Crippen LogP contribution in [0.5, 0.6) is 0 Å². The maximum Gasteiger partial charge on any atom is 0.180 e. The predicted octanol–water partition coefficient (Wildman–Crippen LogP) is 2.30. The van der Waals surface area contributed by atoms with E-state index in [-0.39, 0.29) is 0 Å². The summed E-state index contributed by atoms with van der Waals surface area (Å²) >= 11 is 0. The number of anilines is 2. The summed E-state index contributed by atoms with van der Waals surface area (Å²) in [7, 11) is 0. The molecule has 2 rings (SSSR count). The second kappa shape index (κ2) is 7.26. The number of likely N-dealkylation sites (N-methyl/N-ethyl adjacent to an activating group) is 1. The first-order valence-corrected chi connectivity index (χ1v) is 7.74. The van der Waals surface area contributed by atoms with Crippen molar-refractivity contribution in [2.45, 2.75) is 33.7 Å². The molecule has 0 fully saturated rings. The summed E-state index contributed by atoms with van der Waals surface area (Å²) in [5.74, 6) is 1.69. The molecular weight excluding hydrogens is 264 g/mol. The second-order valence-corrected chi connectivity index (χ2v) is 5.19. The van der Waals surface area contributed by atoms with Crippen LogP contribution in [0.1, 0.15) is 27.7 Å². The third-order valence-electron chi connectivity index (χ3n) is 3.54. The molecule has 0 saturated heterocycles. The normalized spacial score (nSPS) is 12.8. The molecule has 6 nitrogen and oxygen atoms in total. The Labute approximate surface area is 126 Å². The van der Waals surface area contributed by atoms with E-state index in [1.807, 2.05) is 16.8 Å². The van der Waals surface area contributed by atoms with Crippen LogP contribution in [0.3, 0.4) is 0 Å². The number of hydrogen-bond acceptors (Lipinski definition) is 5. The highest BCUT2D eigenvalue weighted by molar-refractivity contribution is 5.65. The van der Waals surface area contributed by atoms with Crippen LogP contribution >= 0.6 is 0 Å². The molecule has 0 aliphatic heterocycles. The van der Waals surface area contributed by atoms with Gasteiger partial charge in [-0.2, -0.15) is 0 Å². The Kier molecular flexibility index (Phi) is 5.38. The van der Waals surface area contributed by atoms with Crippen LogP contribution in [0, 0.1) is 0 Å². The average Bonchev–Trinajstić information content (AvgIpc) is 2.93. The Hall–Kier alpha value is -1.82. The van der Waals surface area contributed by atoms with Crippen molar-refractivity contribution in [1.29, 1.82) is 0 Å². The van der Waals surface area contributed by atoms with Gasteiger partial charge in [-0.15, -0.1) is 0 Å². The Balaban J connectivity index is 2.17. The molecule has 0 aromatic carbocycles. The van der Waals surface area contributed by atoms with Crippen LogP contribution < -0.4 is 10.6 Å². The fourth-order valence-corrected chi connectivity index (χ4v) is 2.44. The van der Waals surface area contributed by atoms with E-state index < -0.39 is 0 Å². The van der Waals surface area contributed by atoms with Gasteiger partial charge in [0.05, 0.1) is 6.20 Å². The molecule has 2 aromatic rings. The van der Waals surface area contributed by atoms with Gasteiger partial charge in [-0.25, -0.2) is 9.97 Å². The number of fused-ring (bicyclic) bond motifs is 1. The molecular formula is C15H26N6. The van der Waals surface area contributed by atoms with Crippen molar-refractivity contribution in [2.24, 2.45) is 0 Å². The highest BCUT2D eigenvalue weighted by atomic mass is 15.2. The Morgan fingerprint density at radius 3 is 2.71 bits per heavy atom. The van der Waals surface area contributed by atoms with Crippen molar-refractivity contribution in [2.75, 3.05) is 36.8 Å². The topological polar surface area (TPSA) is 57.5 Å². The highest BCUT2D eigenvalue weighted by Gasteiger charge is 2.12. The van der Waals surface area contributed by atoms with E-state index in [1.165, 1.54) is 0 Å². The van der Waals surface area contributed by atoms with Crippen LogP contribution in [0.15, 0.2) is 18.6 Å². The number of hydrogen-bond donors (Lipinski definition) is 2. The summed E-state index contributed by atoms with van der Waals surface area (Å²) in [6.45, 7) is 12.6. The predicted molar refractivity (Wildman–Crippen MR) is 88.0 cm³/mol. The lowest BCUT2D eigenvalue weighted by Crippen LogP contribution is -2.35. The van der Waals surface area contributed by atoms with Crippen molar-refractivity contribution < 1.29 is 0 Å². The van der Waals surface area contributed by atoms with E-state index in [0.29, 0.717) is 6.04 Å². The molecule has 21 heavy (non-hydrogen) atoms. The first-order chi connectivity index (χ1) is 10.2. The Bertz CT molecular complexity index is 560. The molecule has 0 aliphatic rings. The lowest BCUT2D eigenvalue weighted by atomic mass is 10.3. The number of nitrogens with one attached hydrogen (secondary N) is 2. The molecule has 0 amide bonds. The molecule has 6 heteroatoms. The summed E-state index contributed by atoms with van der Waals surface area (Å²) in [6, 6.07) is 0.315. The van der Waals surface area contributed by atoms with Gasteiger partial charge in [-0.05, 0) is 26.9 Å². The number of nitrogens with zero attached hydrogens (tertiary/aromatic N) is 4. The quantitative estimate of drug-likeness (QED) is 0.781. The molecule has 0 saturated carbocycles. The standard InChI is InChI=1S/C15H26N6/c1-5-16-13-11-21-9-8-17-15(21)14(19-13)18-12(4)10-20(6-2)7-3/h8-9,11-12,16H,5-7,10H2,1-4H3,(H,18,19). The van der Waals surface area contributed by atoms with Crippen molar-refractivity contribution >= 4 is 17.3 Å². The molecule has 2 heterocycles. The molecule has 2 aromatic heterocycles. The molecule has 0 aliphatic carbocycles. The van der Waals surface area contributed by atoms with Crippen LogP contribution in [0.25, 0.3) is 5.65 Å². The zero-order valence-corrected chi connectivity index (χ0v) is 13.4. The first kappa shape index (κ1) is 15.6. The van der Waals surface area contributed by atoms with Crippen LogP contribution in [0.4, 0.5) is 11.6 Å². The Morgan fingerprint density at radius 1 is 1.29 bits per heavy atom. The SMILES string of the molecule is CCNc1cn2ccnc2c(NC(C)CN(CC)CC)n1. The van der Waals surface area contributed by atoms with Gasteiger partial charge in [-0.1, -0.05) is 13.8 Å². The molecule has 1 atom stereocenters. The summed E-state index contributed by atoms with van der Waals surface area (Å²) in [4.78, 5) is 11.4. The zero-order chi connectivity index (χ0) is 15.2. The van der Waals surface area contributed by atoms with E-state index in [1.54, 1.807) is 6.20 Å². The molecule has 2 N–H and O–H groups in total. The lowest BCUT2D eigenvalue weighted by Gasteiger charge is -2.24. The largest absolute Gasteiger partial charge is 0.369 e. The van der Waals surface area contributed by atoms with Crippen LogP contribution in [0.2, 0.25) is 0 Å². The van der Waals surface area contributed by atoms with Crippen LogP contribution in [-0.2, 0) is 0 Å². The number of aromatic nitrogens is 3. The van der Waals surface area contributed by atoms with Crippen molar-refractivity contribution in [3.8, 4) is 0 Å². The lowest BCUT2D eigenvalue weighted by molar-refractivity contribution is 0.294. The molecule has 0 radical (unpaired) electrons. The summed E-state index contributed by atoms with van der Waals surface area (Å²) in [6.07, 6.45) is 5.71. The minimum absolute atomic E-state index is 0.315. The summed E-state index contributed by atoms with van der Waals surface area (Å²) in [5.41, 5.74) is 0.864. The minimum Gasteiger partial charge on any atom is -0.369 e. The van der Waals surface area contributed by atoms with E-state index in [0.717, 1.165) is 43.5 Å². The van der Waals surface area contributed by atoms with E-state index >= 15 is 0 Å². The maximum atomic E-state index is 4.64. The fraction of sp³-hybridized carbons (Fsp3) is 0.600. The molecule has 0 spiro atoms. The second-order valence-electron chi connectivity index (χ2n) is 5.19. The Morgan fingerprint density at radius 2 is 2.05 bits per heavy atom. The number of rotatable bonds is 8. The molecule has 1 unspecified atom stereocenters. The van der Waals surface area contributed by atoms with Crippen molar-refractivity contribution in [1.82, 2.24) is 19.3 Å². The summed E-state index contributed by atoms with van der Waals surface area (Å²) < 4.78 is 2.00. The minimum atomic E-state index is 0.315. The first-order valence-electron chi connectivity index (χ1n) is 7.74. The van der Waals surface area contributed by atoms with Crippen molar-refractivity contribution in [3.05, 3.63) is 18.6 Å². The van der Waals surface area contributed by atoms with Crippen molar-refractivity contribution in [3.63, 3.8) is 0 Å². The van der Waals surface area contributed by atoms with Gasteiger partial charge in [0.2, 0.25) is 0 Å². The monoisotopic (exact) mass is 290 g/mol. The third kappa shape index (κ3) is 3.85. The summed E-state index contributed by atoms with van der Waals surface area (Å²) in [5, 5.41) is 6.75. The molecule has 116 valence electrons. The van der Waals surface area contributed by atoms with Gasteiger partial charge in [0.1, 0.15) is 5.82 Å². The van der Waals surface area contributed by atoms with Gasteiger partial charge >= 0.3 is 0 Å². The van der Waals surface area contributed by atoms with Crippen LogP contribution in [-0.4, -0.2) is 51.5 Å². The molecule has 0 bridgehead atoms.